The molecule has 1 N–H and O–H groups in total. The molecule has 1 aromatic heterocycles. The number of carbonyl (C=O) groups is 1. The summed E-state index contributed by atoms with van der Waals surface area (Å²) in [6.45, 7) is 0. The van der Waals surface area contributed by atoms with Crippen molar-refractivity contribution in [2.45, 2.75) is 25.3 Å². The first kappa shape index (κ1) is 12.4. The van der Waals surface area contributed by atoms with Crippen molar-refractivity contribution in [1.82, 2.24) is 0 Å². The number of carboxylic acid groups (broad SMARTS) is 1. The molecule has 0 spiro atoms. The second-order valence-electron chi connectivity index (χ2n) is 4.54. The molecule has 0 unspecified atom stereocenters. The van der Waals surface area contributed by atoms with Gasteiger partial charge in [-0.2, -0.15) is 0 Å². The van der Waals surface area contributed by atoms with E-state index in [9.17, 15) is 14.9 Å². The number of hydrogen-bond donors (Lipinski definition) is 1. The third-order valence-corrected chi connectivity index (χ3v) is 4.64. The number of thiophene rings is 1. The number of aliphatic carboxylic acids is 1. The van der Waals surface area contributed by atoms with Crippen LogP contribution in [0, 0.1) is 10.1 Å². The third kappa shape index (κ3) is 1.98. The Kier molecular flexibility index (Phi) is 2.75. The molecular formula is C11H9ClN2O4S. The van der Waals surface area contributed by atoms with Gasteiger partial charge >= 0.3 is 11.7 Å². The number of fused-ring (bicyclic) bond motifs is 1. The summed E-state index contributed by atoms with van der Waals surface area (Å²) in [6.07, 6.45) is 3.56. The van der Waals surface area contributed by atoms with E-state index < -0.39 is 10.9 Å². The molecule has 0 saturated heterocycles. The van der Waals surface area contributed by atoms with Crippen LogP contribution in [0.4, 0.5) is 10.7 Å². The summed E-state index contributed by atoms with van der Waals surface area (Å²) in [5.74, 6) is -1.05. The van der Waals surface area contributed by atoms with Crippen LogP contribution in [0.25, 0.3) is 0 Å². The lowest BCUT2D eigenvalue weighted by Crippen LogP contribution is -2.25. The molecule has 1 aliphatic carbocycles. The summed E-state index contributed by atoms with van der Waals surface area (Å²) < 4.78 is 0.112. The molecule has 0 aromatic carbocycles. The molecule has 0 atom stereocenters. The van der Waals surface area contributed by atoms with Gasteiger partial charge in [0.2, 0.25) is 0 Å². The highest BCUT2D eigenvalue weighted by Crippen LogP contribution is 2.50. The van der Waals surface area contributed by atoms with Gasteiger partial charge in [0.25, 0.3) is 0 Å². The van der Waals surface area contributed by atoms with Crippen LogP contribution in [-0.4, -0.2) is 22.0 Å². The molecule has 1 aliphatic heterocycles. The summed E-state index contributed by atoms with van der Waals surface area (Å²) in [6, 6.07) is 0.239. The van der Waals surface area contributed by atoms with E-state index in [2.05, 4.69) is 0 Å². The normalized spacial score (nSPS) is 17.9. The molecular weight excluding hydrogens is 292 g/mol. The molecule has 1 saturated carbocycles. The van der Waals surface area contributed by atoms with E-state index in [4.69, 9.17) is 16.7 Å². The molecule has 0 bridgehead atoms. The average Bonchev–Trinajstić information content (AvgIpc) is 3.09. The maximum atomic E-state index is 11.1. The topological polar surface area (TPSA) is 83.7 Å². The predicted molar refractivity (Wildman–Crippen MR) is 70.9 cm³/mol. The van der Waals surface area contributed by atoms with Gasteiger partial charge in [0, 0.05) is 18.7 Å². The number of anilines is 1. The van der Waals surface area contributed by atoms with Crippen LogP contribution in [0.15, 0.2) is 11.8 Å². The molecule has 1 aromatic rings. The van der Waals surface area contributed by atoms with E-state index in [1.54, 1.807) is 6.20 Å². The number of nitro groups is 1. The van der Waals surface area contributed by atoms with Crippen molar-refractivity contribution >= 4 is 39.6 Å². The Morgan fingerprint density at radius 3 is 2.79 bits per heavy atom. The van der Waals surface area contributed by atoms with Crippen molar-refractivity contribution in [2.75, 3.05) is 4.90 Å². The van der Waals surface area contributed by atoms with Gasteiger partial charge in [-0.3, -0.25) is 10.1 Å². The molecule has 0 amide bonds. The summed E-state index contributed by atoms with van der Waals surface area (Å²) in [7, 11) is 0. The first-order valence-electron chi connectivity index (χ1n) is 5.67. The first-order valence-corrected chi connectivity index (χ1v) is 6.86. The van der Waals surface area contributed by atoms with Gasteiger partial charge in [-0.15, -0.1) is 0 Å². The fourth-order valence-corrected chi connectivity index (χ4v) is 3.65. The van der Waals surface area contributed by atoms with E-state index in [0.29, 0.717) is 10.6 Å². The molecule has 19 heavy (non-hydrogen) atoms. The largest absolute Gasteiger partial charge is 0.478 e. The SMILES string of the molecule is O=C(O)C1=CN(C2CC2)c2sc(Cl)c([N+](=O)[O-])c2C1. The zero-order chi connectivity index (χ0) is 13.7. The quantitative estimate of drug-likeness (QED) is 0.685. The van der Waals surface area contributed by atoms with Gasteiger partial charge in [0.05, 0.1) is 16.1 Å². The summed E-state index contributed by atoms with van der Waals surface area (Å²) in [4.78, 5) is 23.5. The van der Waals surface area contributed by atoms with E-state index in [-0.39, 0.29) is 28.1 Å². The fourth-order valence-electron chi connectivity index (χ4n) is 2.18. The average molecular weight is 301 g/mol. The molecule has 3 rings (SSSR count). The number of halogens is 1. The van der Waals surface area contributed by atoms with Crippen molar-refractivity contribution in [3.63, 3.8) is 0 Å². The minimum Gasteiger partial charge on any atom is -0.478 e. The molecule has 2 heterocycles. The Bertz CT molecular complexity index is 620. The van der Waals surface area contributed by atoms with Crippen molar-refractivity contribution in [3.05, 3.63) is 31.8 Å². The second kappa shape index (κ2) is 4.21. The molecule has 2 aliphatic rings. The fraction of sp³-hybridized carbons (Fsp3) is 0.364. The molecule has 8 heteroatoms. The second-order valence-corrected chi connectivity index (χ2v) is 6.14. The predicted octanol–water partition coefficient (Wildman–Crippen LogP) is 2.80. The van der Waals surface area contributed by atoms with Gasteiger partial charge in [0.1, 0.15) is 5.00 Å². The highest BCUT2D eigenvalue weighted by atomic mass is 35.5. The Balaban J connectivity index is 2.13. The minimum absolute atomic E-state index is 0.0490. The lowest BCUT2D eigenvalue weighted by Gasteiger charge is -2.24. The minimum atomic E-state index is -1.05. The Hall–Kier alpha value is -1.60. The monoisotopic (exact) mass is 300 g/mol. The van der Waals surface area contributed by atoms with Gasteiger partial charge in [-0.25, -0.2) is 4.79 Å². The van der Waals surface area contributed by atoms with Crippen molar-refractivity contribution in [1.29, 1.82) is 0 Å². The molecule has 1 fully saturated rings. The number of hydrogen-bond acceptors (Lipinski definition) is 5. The molecule has 6 nitrogen and oxygen atoms in total. The van der Waals surface area contributed by atoms with Gasteiger partial charge in [-0.05, 0) is 12.8 Å². The summed E-state index contributed by atoms with van der Waals surface area (Å²) in [5, 5.41) is 20.9. The van der Waals surface area contributed by atoms with Crippen LogP contribution in [0.2, 0.25) is 4.34 Å². The zero-order valence-electron chi connectivity index (χ0n) is 9.63. The van der Waals surface area contributed by atoms with Gasteiger partial charge in [0.15, 0.2) is 4.34 Å². The summed E-state index contributed by atoms with van der Waals surface area (Å²) >= 11 is 7.08. The number of nitrogens with zero attached hydrogens (tertiary/aromatic N) is 2. The first-order chi connectivity index (χ1) is 8.99. The van der Waals surface area contributed by atoms with Gasteiger partial charge < -0.3 is 10.0 Å². The lowest BCUT2D eigenvalue weighted by molar-refractivity contribution is -0.385. The van der Waals surface area contributed by atoms with E-state index in [1.165, 1.54) is 0 Å². The number of carboxylic acids is 1. The van der Waals surface area contributed by atoms with Gasteiger partial charge in [-0.1, -0.05) is 22.9 Å². The Morgan fingerprint density at radius 1 is 1.58 bits per heavy atom. The van der Waals surface area contributed by atoms with Crippen molar-refractivity contribution < 1.29 is 14.8 Å². The maximum Gasteiger partial charge on any atom is 0.333 e. The van der Waals surface area contributed by atoms with Crippen LogP contribution in [-0.2, 0) is 11.2 Å². The van der Waals surface area contributed by atoms with E-state index in [1.807, 2.05) is 4.90 Å². The van der Waals surface area contributed by atoms with Crippen LogP contribution in [0.1, 0.15) is 18.4 Å². The van der Waals surface area contributed by atoms with E-state index in [0.717, 1.165) is 24.2 Å². The van der Waals surface area contributed by atoms with Crippen molar-refractivity contribution in [2.24, 2.45) is 0 Å². The smallest absolute Gasteiger partial charge is 0.333 e. The summed E-state index contributed by atoms with van der Waals surface area (Å²) in [5.41, 5.74) is 0.433. The standard InChI is InChI=1S/C11H9ClN2O4S/c12-9-8(14(17)18)7-3-5(11(15)16)4-13(6-1-2-6)10(7)19-9/h4,6H,1-3H2,(H,15,16). The lowest BCUT2D eigenvalue weighted by atomic mass is 10.0. The molecule has 100 valence electrons. The van der Waals surface area contributed by atoms with Crippen LogP contribution < -0.4 is 4.90 Å². The Morgan fingerprint density at radius 2 is 2.26 bits per heavy atom. The van der Waals surface area contributed by atoms with E-state index >= 15 is 0 Å². The number of rotatable bonds is 3. The van der Waals surface area contributed by atoms with Crippen LogP contribution in [0.5, 0.6) is 0 Å². The van der Waals surface area contributed by atoms with Crippen LogP contribution >= 0.6 is 22.9 Å². The third-order valence-electron chi connectivity index (χ3n) is 3.21. The highest BCUT2D eigenvalue weighted by molar-refractivity contribution is 7.20. The zero-order valence-corrected chi connectivity index (χ0v) is 11.2. The van der Waals surface area contributed by atoms with Crippen molar-refractivity contribution in [3.8, 4) is 0 Å². The maximum absolute atomic E-state index is 11.1. The molecule has 0 radical (unpaired) electrons. The van der Waals surface area contributed by atoms with Crippen LogP contribution in [0.3, 0.4) is 0 Å². The Labute approximate surface area is 117 Å². The highest BCUT2D eigenvalue weighted by Gasteiger charge is 2.39.